The van der Waals surface area contributed by atoms with E-state index in [0.29, 0.717) is 53.0 Å². The van der Waals surface area contributed by atoms with Crippen LogP contribution in [0.5, 0.6) is 23.0 Å². The number of nitrogens with zero attached hydrogens (tertiary/aromatic N) is 2. The first-order valence-electron chi connectivity index (χ1n) is 12.8. The fourth-order valence-corrected chi connectivity index (χ4v) is 3.92. The first kappa shape index (κ1) is 30.6. The molecule has 2 atom stereocenters. The number of ether oxygens (including phenoxy) is 5. The molecule has 13 nitrogen and oxygen atoms in total. The number of nitriles is 1. The summed E-state index contributed by atoms with van der Waals surface area (Å²) >= 11 is 0. The molecule has 2 amide bonds. The fourth-order valence-electron chi connectivity index (χ4n) is 3.92. The summed E-state index contributed by atoms with van der Waals surface area (Å²) in [5.41, 5.74) is 4.48. The van der Waals surface area contributed by atoms with Gasteiger partial charge in [-0.3, -0.25) is 5.43 Å². The zero-order valence-electron chi connectivity index (χ0n) is 23.2. The highest BCUT2D eigenvalue weighted by Gasteiger charge is 2.32. The summed E-state index contributed by atoms with van der Waals surface area (Å²) in [6, 6.07) is 10.8. The third-order valence-electron chi connectivity index (χ3n) is 5.67. The number of aliphatic hydroxyl groups is 1. The minimum absolute atomic E-state index is 0.102. The van der Waals surface area contributed by atoms with Crippen LogP contribution in [0.4, 0.5) is 4.79 Å². The van der Waals surface area contributed by atoms with Crippen LogP contribution in [0.3, 0.4) is 0 Å². The molecule has 0 aliphatic carbocycles. The molecule has 0 spiro atoms. The number of methoxy groups -OCH3 is 1. The van der Waals surface area contributed by atoms with Crippen LogP contribution in [-0.2, 0) is 9.53 Å². The number of carbonyl (C=O) groups excluding carboxylic acids is 2. The van der Waals surface area contributed by atoms with Gasteiger partial charge in [0.25, 0.3) is 0 Å². The van der Waals surface area contributed by atoms with Crippen molar-refractivity contribution in [2.45, 2.75) is 33.0 Å². The highest BCUT2D eigenvalue weighted by atomic mass is 16.5. The van der Waals surface area contributed by atoms with Crippen molar-refractivity contribution in [1.82, 2.24) is 16.1 Å². The zero-order valence-corrected chi connectivity index (χ0v) is 23.2. The van der Waals surface area contributed by atoms with Gasteiger partial charge < -0.3 is 39.4 Å². The van der Waals surface area contributed by atoms with Crippen LogP contribution >= 0.6 is 0 Å². The Hall–Kier alpha value is -4.96. The molecule has 0 unspecified atom stereocenters. The summed E-state index contributed by atoms with van der Waals surface area (Å²) in [6.07, 6.45) is 0.326. The Morgan fingerprint density at radius 2 is 1.78 bits per heavy atom. The van der Waals surface area contributed by atoms with E-state index in [1.165, 1.54) is 13.3 Å². The van der Waals surface area contributed by atoms with Crippen LogP contribution < -0.4 is 35.0 Å². The molecule has 0 fully saturated rings. The van der Waals surface area contributed by atoms with Crippen molar-refractivity contribution in [2.24, 2.45) is 5.10 Å². The number of amides is 2. The third kappa shape index (κ3) is 8.26. The molecule has 0 aromatic heterocycles. The van der Waals surface area contributed by atoms with Gasteiger partial charge in [-0.05, 0) is 62.2 Å². The number of hydrazone groups is 1. The van der Waals surface area contributed by atoms with Crippen molar-refractivity contribution < 1.29 is 38.4 Å². The molecule has 1 heterocycles. The van der Waals surface area contributed by atoms with Crippen LogP contribution in [0, 0.1) is 11.3 Å². The summed E-state index contributed by atoms with van der Waals surface area (Å²) in [5.74, 6) is 1.03. The van der Waals surface area contributed by atoms with Crippen LogP contribution in [0.15, 0.2) is 52.8 Å². The Bertz CT molecular complexity index is 1340. The average Bonchev–Trinajstić information content (AvgIpc) is 2.95. The van der Waals surface area contributed by atoms with E-state index in [-0.39, 0.29) is 18.8 Å². The smallest absolute Gasteiger partial charge is 0.337 e. The molecule has 0 radical (unpaired) electrons. The summed E-state index contributed by atoms with van der Waals surface area (Å²) in [6.45, 7) is 5.72. The van der Waals surface area contributed by atoms with Gasteiger partial charge >= 0.3 is 12.0 Å². The lowest BCUT2D eigenvalue weighted by Crippen LogP contribution is -2.45. The third-order valence-corrected chi connectivity index (χ3v) is 5.67. The van der Waals surface area contributed by atoms with Gasteiger partial charge in [-0.25, -0.2) is 9.59 Å². The topological polar surface area (TPSA) is 173 Å². The maximum Gasteiger partial charge on any atom is 0.337 e. The van der Waals surface area contributed by atoms with Gasteiger partial charge in [-0.15, -0.1) is 0 Å². The number of carbonyl (C=O) groups is 2. The van der Waals surface area contributed by atoms with E-state index in [2.05, 4.69) is 21.2 Å². The molecule has 0 saturated heterocycles. The number of hydrogen-bond acceptors (Lipinski definition) is 11. The number of nitrogens with one attached hydrogen (secondary N) is 3. The van der Waals surface area contributed by atoms with Gasteiger partial charge in [0.1, 0.15) is 12.7 Å². The second-order valence-electron chi connectivity index (χ2n) is 8.50. The fraction of sp³-hybridized carbons (Fsp3) is 0.357. The quantitative estimate of drug-likeness (QED) is 0.115. The van der Waals surface area contributed by atoms with Crippen molar-refractivity contribution in [3.8, 4) is 29.1 Å². The Labute approximate surface area is 237 Å². The van der Waals surface area contributed by atoms with E-state index in [1.54, 1.807) is 50.2 Å². The minimum Gasteiger partial charge on any atom is -0.490 e. The van der Waals surface area contributed by atoms with Crippen LogP contribution in [0.2, 0.25) is 0 Å². The molecule has 2 aromatic rings. The Balaban J connectivity index is 1.67. The Morgan fingerprint density at radius 3 is 2.46 bits per heavy atom. The summed E-state index contributed by atoms with van der Waals surface area (Å²) in [4.78, 5) is 24.5. The molecule has 1 aliphatic heterocycles. The van der Waals surface area contributed by atoms with Crippen molar-refractivity contribution in [3.05, 3.63) is 58.8 Å². The molecule has 1 aliphatic rings. The molecule has 0 saturated carbocycles. The number of hydrogen-bond donors (Lipinski definition) is 4. The van der Waals surface area contributed by atoms with E-state index in [0.717, 1.165) is 0 Å². The van der Waals surface area contributed by atoms with Crippen molar-refractivity contribution >= 4 is 18.2 Å². The lowest BCUT2D eigenvalue weighted by Gasteiger charge is -2.28. The maximum atomic E-state index is 12.4. The lowest BCUT2D eigenvalue weighted by molar-refractivity contribution is -0.136. The van der Waals surface area contributed by atoms with Crippen molar-refractivity contribution in [3.63, 3.8) is 0 Å². The van der Waals surface area contributed by atoms with Crippen LogP contribution in [0.1, 0.15) is 37.9 Å². The van der Waals surface area contributed by atoms with Gasteiger partial charge in [0.15, 0.2) is 35.8 Å². The molecule has 4 N–H and O–H groups in total. The first-order chi connectivity index (χ1) is 19.8. The number of urea groups is 1. The Morgan fingerprint density at radius 1 is 1.10 bits per heavy atom. The number of allylic oxidation sites excluding steroid dienone is 1. The highest BCUT2D eigenvalue weighted by Crippen LogP contribution is 2.35. The molecule has 41 heavy (non-hydrogen) atoms. The number of aliphatic hydroxyl groups excluding tert-OH is 1. The second-order valence-corrected chi connectivity index (χ2v) is 8.50. The molecule has 0 bridgehead atoms. The molecule has 13 heteroatoms. The molecule has 3 rings (SSSR count). The maximum absolute atomic E-state index is 12.4. The standard InChI is InChI=1S/C28H33N5O8/c1-5-38-22-13-18(7-9-20(22)40-12-11-29)15-30-33-24(34)16-41-21-10-8-19(14-23(21)39-6-2)26-25(27(35)37-4)17(3)31-28(36)32-26/h7-10,13-15,24,26,33-34H,5-6,12,16H2,1-4H3,(H2,31,32,36)/b30-15-/t24-,26+/m1/s1. The number of esters is 1. The van der Waals surface area contributed by atoms with E-state index in [9.17, 15) is 14.7 Å². The van der Waals surface area contributed by atoms with Crippen LogP contribution in [0.25, 0.3) is 0 Å². The number of rotatable bonds is 14. The van der Waals surface area contributed by atoms with E-state index in [4.69, 9.17) is 28.9 Å². The summed E-state index contributed by atoms with van der Waals surface area (Å²) in [7, 11) is 1.27. The number of benzene rings is 2. The normalized spacial score (nSPS) is 15.3. The molecular weight excluding hydrogens is 534 g/mol. The van der Waals surface area contributed by atoms with Gasteiger partial charge in [-0.1, -0.05) is 6.07 Å². The SMILES string of the molecule is CCOc1cc(/C=N\N[C@H](O)COc2ccc([C@@H]3NC(=O)NC(C)=C3C(=O)OC)cc2OCC)ccc1OCC#N. The average molecular weight is 568 g/mol. The Kier molecular flexibility index (Phi) is 11.2. The van der Waals surface area contributed by atoms with Gasteiger partial charge in [0, 0.05) is 5.70 Å². The zero-order chi connectivity index (χ0) is 29.8. The molecular formula is C28H33N5O8. The van der Waals surface area contributed by atoms with E-state index >= 15 is 0 Å². The predicted molar refractivity (Wildman–Crippen MR) is 148 cm³/mol. The lowest BCUT2D eigenvalue weighted by atomic mass is 9.95. The van der Waals surface area contributed by atoms with Crippen LogP contribution in [-0.4, -0.2) is 63.1 Å². The van der Waals surface area contributed by atoms with E-state index < -0.39 is 24.3 Å². The van der Waals surface area contributed by atoms with Gasteiger partial charge in [-0.2, -0.15) is 10.4 Å². The van der Waals surface area contributed by atoms with Crippen molar-refractivity contribution in [2.75, 3.05) is 33.5 Å². The largest absolute Gasteiger partial charge is 0.490 e. The first-order valence-corrected chi connectivity index (χ1v) is 12.8. The summed E-state index contributed by atoms with van der Waals surface area (Å²) in [5, 5.41) is 28.4. The van der Waals surface area contributed by atoms with E-state index in [1.807, 2.05) is 13.0 Å². The van der Waals surface area contributed by atoms with Gasteiger partial charge in [0.2, 0.25) is 0 Å². The van der Waals surface area contributed by atoms with Crippen molar-refractivity contribution in [1.29, 1.82) is 5.26 Å². The van der Waals surface area contributed by atoms with Gasteiger partial charge in [0.05, 0.1) is 38.2 Å². The molecule has 2 aromatic carbocycles. The second kappa shape index (κ2) is 15.0. The summed E-state index contributed by atoms with van der Waals surface area (Å²) < 4.78 is 27.3. The highest BCUT2D eigenvalue weighted by molar-refractivity contribution is 5.95. The monoisotopic (exact) mass is 567 g/mol. The minimum atomic E-state index is -1.16. The molecule has 218 valence electrons. The predicted octanol–water partition coefficient (Wildman–Crippen LogP) is 2.51.